The van der Waals surface area contributed by atoms with Crippen LogP contribution in [0.15, 0.2) is 24.3 Å². The van der Waals surface area contributed by atoms with E-state index in [1.54, 1.807) is 6.92 Å². The van der Waals surface area contributed by atoms with Crippen molar-refractivity contribution in [2.45, 2.75) is 26.4 Å². The second-order valence-electron chi connectivity index (χ2n) is 4.89. The highest BCUT2D eigenvalue weighted by Gasteiger charge is 2.13. The predicted molar refractivity (Wildman–Crippen MR) is 77.4 cm³/mol. The van der Waals surface area contributed by atoms with Gasteiger partial charge in [-0.05, 0) is 31.4 Å². The zero-order chi connectivity index (χ0) is 13.8. The fourth-order valence-electron chi connectivity index (χ4n) is 1.98. The molecule has 1 amide bonds. The molecule has 0 spiro atoms. The molecular formula is C14H18N2O2S. The number of amides is 1. The van der Waals surface area contributed by atoms with Crippen molar-refractivity contribution in [1.29, 1.82) is 0 Å². The number of carbonyl (C=O) groups is 1. The highest BCUT2D eigenvalue weighted by atomic mass is 32.1. The molecule has 0 aliphatic carbocycles. The molecule has 0 aliphatic heterocycles. The minimum absolute atomic E-state index is 0.140. The summed E-state index contributed by atoms with van der Waals surface area (Å²) >= 11 is 1.40. The number of nitrogens with zero attached hydrogens (tertiary/aromatic N) is 1. The first-order chi connectivity index (χ1) is 9.06. The number of aliphatic hydroxyl groups is 1. The molecule has 1 aromatic heterocycles. The number of nitrogens with one attached hydrogen (secondary N) is 1. The molecule has 0 bridgehead atoms. The summed E-state index contributed by atoms with van der Waals surface area (Å²) in [4.78, 5) is 16.3. The van der Waals surface area contributed by atoms with E-state index in [0.717, 1.165) is 10.2 Å². The molecule has 4 nitrogen and oxygen atoms in total. The molecule has 2 unspecified atom stereocenters. The SMILES string of the molecule is CC(O)CC(C)CNC(=O)c1nc2ccccc2s1. The molecule has 2 aromatic rings. The van der Waals surface area contributed by atoms with Gasteiger partial charge in [-0.25, -0.2) is 4.98 Å². The zero-order valence-electron chi connectivity index (χ0n) is 11.1. The van der Waals surface area contributed by atoms with Crippen molar-refractivity contribution in [2.24, 2.45) is 5.92 Å². The molecule has 102 valence electrons. The smallest absolute Gasteiger partial charge is 0.280 e. The fraction of sp³-hybridized carbons (Fsp3) is 0.429. The average Bonchev–Trinajstić information content (AvgIpc) is 2.78. The van der Waals surface area contributed by atoms with E-state index in [-0.39, 0.29) is 17.9 Å². The van der Waals surface area contributed by atoms with Crippen molar-refractivity contribution < 1.29 is 9.90 Å². The minimum Gasteiger partial charge on any atom is -0.393 e. The van der Waals surface area contributed by atoms with Gasteiger partial charge in [0.15, 0.2) is 5.01 Å². The molecule has 0 aliphatic rings. The van der Waals surface area contributed by atoms with Crippen molar-refractivity contribution in [1.82, 2.24) is 10.3 Å². The van der Waals surface area contributed by atoms with E-state index >= 15 is 0 Å². The van der Waals surface area contributed by atoms with Crippen molar-refractivity contribution in [3.05, 3.63) is 29.3 Å². The van der Waals surface area contributed by atoms with Crippen LogP contribution in [-0.2, 0) is 0 Å². The van der Waals surface area contributed by atoms with E-state index in [1.807, 2.05) is 31.2 Å². The van der Waals surface area contributed by atoms with Crippen LogP contribution in [0.4, 0.5) is 0 Å². The van der Waals surface area contributed by atoms with E-state index in [4.69, 9.17) is 0 Å². The number of para-hydroxylation sites is 1. The van der Waals surface area contributed by atoms with Gasteiger partial charge in [0, 0.05) is 6.54 Å². The third-order valence-electron chi connectivity index (χ3n) is 2.84. The van der Waals surface area contributed by atoms with Gasteiger partial charge in [0.1, 0.15) is 0 Å². The second-order valence-corrected chi connectivity index (χ2v) is 5.92. The number of hydrogen-bond donors (Lipinski definition) is 2. The Bertz CT molecular complexity index is 532. The van der Waals surface area contributed by atoms with Gasteiger partial charge < -0.3 is 10.4 Å². The van der Waals surface area contributed by atoms with Crippen molar-refractivity contribution in [3.63, 3.8) is 0 Å². The Labute approximate surface area is 116 Å². The Kier molecular flexibility index (Phi) is 4.50. The summed E-state index contributed by atoms with van der Waals surface area (Å²) in [5.74, 6) is 0.108. The third-order valence-corrected chi connectivity index (χ3v) is 3.88. The monoisotopic (exact) mass is 278 g/mol. The maximum atomic E-state index is 12.0. The molecule has 5 heteroatoms. The molecule has 2 rings (SSSR count). The molecular weight excluding hydrogens is 260 g/mol. The van der Waals surface area contributed by atoms with Gasteiger partial charge in [0.25, 0.3) is 5.91 Å². The Morgan fingerprint density at radius 3 is 2.84 bits per heavy atom. The summed E-state index contributed by atoms with van der Waals surface area (Å²) in [7, 11) is 0. The molecule has 0 saturated carbocycles. The maximum Gasteiger partial charge on any atom is 0.280 e. The standard InChI is InChI=1S/C14H18N2O2S/c1-9(7-10(2)17)8-15-13(18)14-16-11-5-3-4-6-12(11)19-14/h3-6,9-10,17H,7-8H2,1-2H3,(H,15,18). The topological polar surface area (TPSA) is 62.2 Å². The summed E-state index contributed by atoms with van der Waals surface area (Å²) < 4.78 is 1.02. The highest BCUT2D eigenvalue weighted by molar-refractivity contribution is 7.20. The first-order valence-corrected chi connectivity index (χ1v) is 7.19. The lowest BCUT2D eigenvalue weighted by molar-refractivity contribution is 0.0939. The van der Waals surface area contributed by atoms with Gasteiger partial charge in [-0.2, -0.15) is 0 Å². The maximum absolute atomic E-state index is 12.0. The van der Waals surface area contributed by atoms with E-state index in [9.17, 15) is 9.90 Å². The van der Waals surface area contributed by atoms with Crippen molar-refractivity contribution in [3.8, 4) is 0 Å². The van der Waals surface area contributed by atoms with Gasteiger partial charge in [0.2, 0.25) is 0 Å². The normalized spacial score (nSPS) is 14.3. The van der Waals surface area contributed by atoms with Crippen LogP contribution in [0.2, 0.25) is 0 Å². The van der Waals surface area contributed by atoms with Gasteiger partial charge in [0.05, 0.1) is 16.3 Å². The molecule has 19 heavy (non-hydrogen) atoms. The van der Waals surface area contributed by atoms with E-state index in [2.05, 4.69) is 10.3 Å². The van der Waals surface area contributed by atoms with Gasteiger partial charge >= 0.3 is 0 Å². The number of aliphatic hydroxyl groups excluding tert-OH is 1. The number of aromatic nitrogens is 1. The molecule has 0 radical (unpaired) electrons. The molecule has 2 atom stereocenters. The van der Waals surface area contributed by atoms with Crippen LogP contribution in [0, 0.1) is 5.92 Å². The summed E-state index contributed by atoms with van der Waals surface area (Å²) in [5, 5.41) is 12.6. The van der Waals surface area contributed by atoms with Crippen LogP contribution in [0.25, 0.3) is 10.2 Å². The van der Waals surface area contributed by atoms with E-state index in [1.165, 1.54) is 11.3 Å². The fourth-order valence-corrected chi connectivity index (χ4v) is 2.86. The van der Waals surface area contributed by atoms with Crippen LogP contribution < -0.4 is 5.32 Å². The lowest BCUT2D eigenvalue weighted by Crippen LogP contribution is -2.29. The first-order valence-electron chi connectivity index (χ1n) is 6.38. The molecule has 2 N–H and O–H groups in total. The van der Waals surface area contributed by atoms with Crippen LogP contribution in [0.3, 0.4) is 0 Å². The molecule has 1 aromatic carbocycles. The van der Waals surface area contributed by atoms with Gasteiger partial charge in [-0.1, -0.05) is 19.1 Å². The van der Waals surface area contributed by atoms with E-state index < -0.39 is 0 Å². The summed E-state index contributed by atoms with van der Waals surface area (Å²) in [6, 6.07) is 7.71. The van der Waals surface area contributed by atoms with Crippen LogP contribution in [-0.4, -0.2) is 28.6 Å². The Hall–Kier alpha value is -1.46. The zero-order valence-corrected chi connectivity index (χ0v) is 11.9. The molecule has 0 saturated heterocycles. The Morgan fingerprint density at radius 2 is 2.16 bits per heavy atom. The quantitative estimate of drug-likeness (QED) is 0.883. The number of benzene rings is 1. The van der Waals surface area contributed by atoms with E-state index in [0.29, 0.717) is 18.0 Å². The first kappa shape index (κ1) is 14.0. The predicted octanol–water partition coefficient (Wildman–Crippen LogP) is 2.43. The number of fused-ring (bicyclic) bond motifs is 1. The second kappa shape index (κ2) is 6.12. The van der Waals surface area contributed by atoms with Gasteiger partial charge in [-0.15, -0.1) is 11.3 Å². The summed E-state index contributed by atoms with van der Waals surface area (Å²) in [5.41, 5.74) is 0.856. The Balaban J connectivity index is 1.96. The highest BCUT2D eigenvalue weighted by Crippen LogP contribution is 2.21. The third kappa shape index (κ3) is 3.75. The summed E-state index contributed by atoms with van der Waals surface area (Å²) in [6.45, 7) is 4.32. The molecule has 1 heterocycles. The number of hydrogen-bond acceptors (Lipinski definition) is 4. The van der Waals surface area contributed by atoms with Crippen molar-refractivity contribution >= 4 is 27.5 Å². The van der Waals surface area contributed by atoms with Gasteiger partial charge in [-0.3, -0.25) is 4.79 Å². The Morgan fingerprint density at radius 1 is 1.42 bits per heavy atom. The molecule has 0 fully saturated rings. The lowest BCUT2D eigenvalue weighted by atomic mass is 10.1. The van der Waals surface area contributed by atoms with Crippen LogP contribution in [0.1, 0.15) is 30.1 Å². The minimum atomic E-state index is -0.339. The number of carbonyl (C=O) groups excluding carboxylic acids is 1. The lowest BCUT2D eigenvalue weighted by Gasteiger charge is -2.13. The van der Waals surface area contributed by atoms with Crippen molar-refractivity contribution in [2.75, 3.05) is 6.54 Å². The summed E-state index contributed by atoms with van der Waals surface area (Å²) in [6.07, 6.45) is 0.342. The largest absolute Gasteiger partial charge is 0.393 e. The number of rotatable bonds is 5. The van der Waals surface area contributed by atoms with Crippen LogP contribution in [0.5, 0.6) is 0 Å². The van der Waals surface area contributed by atoms with Crippen LogP contribution >= 0.6 is 11.3 Å². The number of thiazole rings is 1. The average molecular weight is 278 g/mol.